The molecular weight excluding hydrogens is 390 g/mol. The van der Waals surface area contributed by atoms with E-state index in [1.54, 1.807) is 0 Å². The molecule has 0 aromatic heterocycles. The van der Waals surface area contributed by atoms with Crippen molar-refractivity contribution >= 4 is 38.5 Å². The number of thiol groups is 1. The van der Waals surface area contributed by atoms with Gasteiger partial charge in [-0.3, -0.25) is 0 Å². The molecule has 0 aliphatic rings. The third-order valence-electron chi connectivity index (χ3n) is 4.36. The van der Waals surface area contributed by atoms with Gasteiger partial charge in [-0.15, -0.1) is 21.5 Å². The summed E-state index contributed by atoms with van der Waals surface area (Å²) in [5.41, 5.74) is 0. The number of unbranched alkanes of at least 4 members (excludes halogenated alkanes) is 11. The van der Waals surface area contributed by atoms with Gasteiger partial charge in [0, 0.05) is 5.24 Å². The molecule has 26 heavy (non-hydrogen) atoms. The molecule has 0 aromatic carbocycles. The first kappa shape index (κ1) is 29.6. The summed E-state index contributed by atoms with van der Waals surface area (Å²) >= 11 is 10.1. The highest BCUT2D eigenvalue weighted by atomic mass is 32.9. The summed E-state index contributed by atoms with van der Waals surface area (Å²) in [4.78, 5) is 0. The fourth-order valence-corrected chi connectivity index (χ4v) is 9.67. The van der Waals surface area contributed by atoms with E-state index in [2.05, 4.69) is 56.1 Å². The number of hydrogen-bond donors (Lipinski definition) is 1. The van der Waals surface area contributed by atoms with Gasteiger partial charge in [0.05, 0.1) is 0 Å². The summed E-state index contributed by atoms with van der Waals surface area (Å²) in [6.45, 7) is 11.2. The van der Waals surface area contributed by atoms with Crippen molar-refractivity contribution in [2.75, 3.05) is 18.5 Å². The van der Waals surface area contributed by atoms with Crippen molar-refractivity contribution in [2.24, 2.45) is 11.8 Å². The van der Waals surface area contributed by atoms with Crippen molar-refractivity contribution in [2.45, 2.75) is 112 Å². The number of rotatable bonds is 16. The van der Waals surface area contributed by atoms with Crippen LogP contribution in [0.15, 0.2) is 0 Å². The van der Waals surface area contributed by atoms with Gasteiger partial charge in [0.25, 0.3) is 0 Å². The third kappa shape index (κ3) is 27.6. The Morgan fingerprint density at radius 3 is 1.27 bits per heavy atom. The highest BCUT2D eigenvalue weighted by Crippen LogP contribution is 2.53. The molecule has 0 fully saturated rings. The molecule has 0 heterocycles. The van der Waals surface area contributed by atoms with Crippen LogP contribution in [-0.2, 0) is 11.8 Å². The molecule has 160 valence electrons. The van der Waals surface area contributed by atoms with Gasteiger partial charge in [0.2, 0.25) is 0 Å². The number of hydrogen-bond acceptors (Lipinski definition) is 1. The van der Waals surface area contributed by atoms with Crippen molar-refractivity contribution in [3.63, 3.8) is 0 Å². The summed E-state index contributed by atoms with van der Waals surface area (Å²) in [5, 5.41) is -1.28. The van der Waals surface area contributed by atoms with Crippen LogP contribution in [0.3, 0.4) is 0 Å². The van der Waals surface area contributed by atoms with Crippen molar-refractivity contribution in [3.05, 3.63) is 0 Å². The summed E-state index contributed by atoms with van der Waals surface area (Å²) in [6.07, 6.45) is 21.0. The van der Waals surface area contributed by atoms with E-state index in [4.69, 9.17) is 11.8 Å². The predicted octanol–water partition coefficient (Wildman–Crippen LogP) is 9.19. The molecule has 0 radical (unpaired) electrons. The molecular formula is C22H50P2S2. The molecule has 0 aliphatic carbocycles. The van der Waals surface area contributed by atoms with Crippen molar-refractivity contribution < 1.29 is 0 Å². The Labute approximate surface area is 180 Å². The van der Waals surface area contributed by atoms with Crippen molar-refractivity contribution in [1.82, 2.24) is 0 Å². The molecule has 0 rings (SSSR count). The zero-order chi connectivity index (χ0) is 20.3. The van der Waals surface area contributed by atoms with Gasteiger partial charge < -0.3 is 0 Å². The standard InChI is InChI=1S/C14H31P.C8H19PS2/c1-2-3-4-5-6-7-8-9-10-11-12-13-14-15;1-7(2)5-9(10,11)6-8(3)4/h2-15H2,1H3;7-8H,5-6H2,1-4H3,(H,10,11). The van der Waals surface area contributed by atoms with Crippen LogP contribution >= 0.6 is 26.7 Å². The molecule has 0 saturated carbocycles. The van der Waals surface area contributed by atoms with Crippen molar-refractivity contribution in [1.29, 1.82) is 0 Å². The lowest BCUT2D eigenvalue weighted by Gasteiger charge is -2.19. The van der Waals surface area contributed by atoms with Crippen LogP contribution in [0.4, 0.5) is 0 Å². The molecule has 0 aliphatic heterocycles. The maximum absolute atomic E-state index is 5.47. The Morgan fingerprint density at radius 1 is 0.692 bits per heavy atom. The Kier molecular flexibility index (Phi) is 24.1. The lowest BCUT2D eigenvalue weighted by atomic mass is 10.1. The van der Waals surface area contributed by atoms with E-state index in [9.17, 15) is 0 Å². The largest absolute Gasteiger partial charge is 0.141 e. The van der Waals surface area contributed by atoms with Crippen LogP contribution in [-0.4, -0.2) is 18.5 Å². The lowest BCUT2D eigenvalue weighted by molar-refractivity contribution is 0.548. The fraction of sp³-hybridized carbons (Fsp3) is 1.00. The zero-order valence-electron chi connectivity index (χ0n) is 18.6. The molecule has 0 bridgehead atoms. The second-order valence-corrected chi connectivity index (χ2v) is 16.9. The predicted molar refractivity (Wildman–Crippen MR) is 138 cm³/mol. The van der Waals surface area contributed by atoms with E-state index in [-0.39, 0.29) is 0 Å². The summed E-state index contributed by atoms with van der Waals surface area (Å²) in [6, 6.07) is 0. The van der Waals surface area contributed by atoms with Crippen LogP contribution in [0.5, 0.6) is 0 Å². The Balaban J connectivity index is 0. The highest BCUT2D eigenvalue weighted by molar-refractivity contribution is 8.63. The maximum Gasteiger partial charge on any atom is 0.00393 e. The van der Waals surface area contributed by atoms with Crippen molar-refractivity contribution in [3.8, 4) is 0 Å². The molecule has 0 N–H and O–H groups in total. The first-order chi connectivity index (χ1) is 12.2. The van der Waals surface area contributed by atoms with Crippen LogP contribution in [0.2, 0.25) is 0 Å². The smallest absolute Gasteiger partial charge is 0.00393 e. The third-order valence-corrected chi connectivity index (χ3v) is 9.24. The summed E-state index contributed by atoms with van der Waals surface area (Å²) < 4.78 is 0. The van der Waals surface area contributed by atoms with Gasteiger partial charge in [-0.1, -0.05) is 117 Å². The average molecular weight is 441 g/mol. The minimum absolute atomic E-state index is 0.706. The maximum atomic E-state index is 5.47. The second-order valence-electron chi connectivity index (χ2n) is 8.68. The van der Waals surface area contributed by atoms with E-state index in [0.29, 0.717) is 11.8 Å². The van der Waals surface area contributed by atoms with E-state index in [1.807, 2.05) is 0 Å². The van der Waals surface area contributed by atoms with Gasteiger partial charge in [0.1, 0.15) is 0 Å². The molecule has 1 unspecified atom stereocenters. The van der Waals surface area contributed by atoms with Gasteiger partial charge in [-0.25, -0.2) is 0 Å². The Morgan fingerprint density at radius 2 is 1.00 bits per heavy atom. The molecule has 1 atom stereocenters. The quantitative estimate of drug-likeness (QED) is 0.142. The van der Waals surface area contributed by atoms with Crippen LogP contribution in [0.1, 0.15) is 112 Å². The van der Waals surface area contributed by atoms with E-state index >= 15 is 0 Å². The zero-order valence-corrected chi connectivity index (χ0v) is 22.4. The molecule has 0 saturated heterocycles. The van der Waals surface area contributed by atoms with Crippen LogP contribution < -0.4 is 0 Å². The van der Waals surface area contributed by atoms with E-state index in [1.165, 1.54) is 83.2 Å². The first-order valence-corrected chi connectivity index (χ1v) is 16.4. The summed E-state index contributed by atoms with van der Waals surface area (Å²) in [5.74, 6) is 1.41. The van der Waals surface area contributed by atoms with Gasteiger partial charge in [-0.2, -0.15) is 0 Å². The molecule has 0 nitrogen and oxygen atoms in total. The van der Waals surface area contributed by atoms with Crippen LogP contribution in [0, 0.1) is 11.8 Å². The van der Waals surface area contributed by atoms with Gasteiger partial charge in [-0.05, 0) is 36.7 Å². The Hall–Kier alpha value is 1.43. The summed E-state index contributed by atoms with van der Waals surface area (Å²) in [7, 11) is 2.81. The highest BCUT2D eigenvalue weighted by Gasteiger charge is 2.14. The second kappa shape index (κ2) is 21.1. The average Bonchev–Trinajstić information content (AvgIpc) is 2.50. The van der Waals surface area contributed by atoms with E-state index in [0.717, 1.165) is 12.3 Å². The SMILES string of the molecule is CC(C)CP(=S)(S)CC(C)C.CCCCCCCCCCCCCCP. The monoisotopic (exact) mass is 440 g/mol. The molecule has 0 aromatic rings. The first-order valence-electron chi connectivity index (χ1n) is 11.3. The molecule has 0 amide bonds. The Bertz CT molecular complexity index is 291. The topological polar surface area (TPSA) is 0 Å². The molecule has 4 heteroatoms. The normalized spacial score (nSPS) is 11.7. The fourth-order valence-electron chi connectivity index (χ4n) is 3.20. The van der Waals surface area contributed by atoms with Crippen LogP contribution in [0.25, 0.3) is 0 Å². The lowest BCUT2D eigenvalue weighted by Crippen LogP contribution is -2.01. The van der Waals surface area contributed by atoms with E-state index < -0.39 is 5.24 Å². The van der Waals surface area contributed by atoms with Gasteiger partial charge in [0.15, 0.2) is 0 Å². The minimum atomic E-state index is -1.28. The minimum Gasteiger partial charge on any atom is -0.141 e. The van der Waals surface area contributed by atoms with Gasteiger partial charge >= 0.3 is 0 Å². The molecule has 0 spiro atoms.